The third-order valence-corrected chi connectivity index (χ3v) is 14.6. The minimum Gasteiger partial charge on any atom is -0.508 e. The number of carbonyl (C=O) groups is 9. The minimum atomic E-state index is -1.73. The van der Waals surface area contributed by atoms with E-state index in [-0.39, 0.29) is 116 Å². The number of hydrogen-bond donors (Lipinski definition) is 18. The van der Waals surface area contributed by atoms with E-state index in [4.69, 9.17) is 38.6 Å². The Hall–Kier alpha value is -10.8. The van der Waals surface area contributed by atoms with Gasteiger partial charge in [0.25, 0.3) is 0 Å². The van der Waals surface area contributed by atoms with Crippen molar-refractivity contribution in [3.05, 3.63) is 143 Å². The van der Waals surface area contributed by atoms with E-state index in [9.17, 15) is 68.7 Å². The van der Waals surface area contributed by atoms with E-state index in [1.54, 1.807) is 54.6 Å². The Morgan fingerprint density at radius 3 is 1.74 bits per heavy atom. The summed E-state index contributed by atoms with van der Waals surface area (Å²) in [6.45, 7) is -1.81. The normalized spacial score (nSPS) is 13.9. The van der Waals surface area contributed by atoms with Gasteiger partial charge in [0.2, 0.25) is 35.4 Å². The maximum Gasteiger partial charge on any atom is 0.340 e. The molecule has 8 amide bonds. The van der Waals surface area contributed by atoms with Gasteiger partial charge in [0.05, 0.1) is 18.7 Å². The van der Waals surface area contributed by atoms with Crippen LogP contribution in [-0.4, -0.2) is 153 Å². The van der Waals surface area contributed by atoms with Gasteiger partial charge in [0.15, 0.2) is 16.7 Å². The van der Waals surface area contributed by atoms with Crippen LogP contribution in [0.3, 0.4) is 0 Å². The fourth-order valence-electron chi connectivity index (χ4n) is 9.94. The summed E-state index contributed by atoms with van der Waals surface area (Å²) >= 11 is 5.50. The van der Waals surface area contributed by atoms with Gasteiger partial charge in [-0.1, -0.05) is 48.5 Å². The van der Waals surface area contributed by atoms with Crippen LogP contribution in [0, 0.1) is 5.41 Å². The molecule has 7 rings (SSSR count). The molecule has 0 unspecified atom stereocenters. The third kappa shape index (κ3) is 18.2. The van der Waals surface area contributed by atoms with Crippen molar-refractivity contribution in [3.63, 3.8) is 0 Å². The average Bonchev–Trinajstić information content (AvgIpc) is 1.45. The molecule has 20 N–H and O–H groups in total. The highest BCUT2D eigenvalue weighted by Crippen LogP contribution is 2.57. The topological polar surface area (TPSA) is 469 Å². The number of nitrogens with one attached hydrogen (secondary N) is 11. The number of phenolic OH excluding ortho intramolecular Hbond substituents is 3. The molecule has 5 atom stereocenters. The number of ether oxygens (including phenoxy) is 2. The Kier molecular flexibility index (Phi) is 23.2. The molecule has 0 aromatic heterocycles. The Labute approximate surface area is 519 Å². The number of carboxylic acid groups (broad SMARTS) is 1. The van der Waals surface area contributed by atoms with Crippen LogP contribution in [0.4, 0.5) is 10.5 Å². The van der Waals surface area contributed by atoms with Gasteiger partial charge < -0.3 is 99.6 Å². The second-order valence-corrected chi connectivity index (χ2v) is 21.3. The smallest absolute Gasteiger partial charge is 0.340 e. The summed E-state index contributed by atoms with van der Waals surface area (Å²) in [5, 5.41) is 83.7. The molecule has 1 spiro atoms. The number of esters is 1. The van der Waals surface area contributed by atoms with Gasteiger partial charge in [0, 0.05) is 67.0 Å². The summed E-state index contributed by atoms with van der Waals surface area (Å²) in [5.41, 5.74) is 12.3. The number of fused-ring (bicyclic) bond motifs is 6. The van der Waals surface area contributed by atoms with Crippen molar-refractivity contribution in [3.8, 4) is 28.7 Å². The molecule has 0 saturated carbocycles. The van der Waals surface area contributed by atoms with Gasteiger partial charge in [-0.15, -0.1) is 0 Å². The van der Waals surface area contributed by atoms with Crippen LogP contribution in [0.5, 0.6) is 28.7 Å². The van der Waals surface area contributed by atoms with E-state index in [2.05, 4.69) is 53.2 Å². The Bertz CT molecular complexity index is 3450. The number of aliphatic carboxylic acids is 1. The number of thiocarbonyl (C=S) groups is 1. The zero-order valence-electron chi connectivity index (χ0n) is 48.3. The number of benzene rings is 5. The molecule has 0 bridgehead atoms. The molecule has 0 radical (unpaired) electrons. The Morgan fingerprint density at radius 1 is 0.578 bits per heavy atom. The highest BCUT2D eigenvalue weighted by molar-refractivity contribution is 7.80. The standard InChI is InChI=1S/C60H69N13O16S/c61-57(62)64-23-4-9-43(69-49(78)22-25-66-59(90)68-34-13-18-39-38(27-34)56(86)89-60(39)40-19-16-36(76)28-47(40)88-48-29-37(77)17-20-41(48)60)52(81)73-46(31-74)54(83)71-42(8-5-24-65-58(63)87)51(80)67-30-50(79)70-44(21-12-32-6-2-1-3-7-32)53(82)72-45(55(84)85)26-33-10-14-35(75)15-11-33/h1-3,6-7,10-11,13-20,27-29,42-46,74-77H,4-5,8-9,12,21-26,30-31H2,(H,67,80)(H,69,78)(H,70,79)(H,71,83)(H,72,82)(H,73,81)(H,84,85)(H4,61,62,64)(H3,63,65,87)(H2,66,68,90)/t42-,43-,44-,45-,46-/m0/s1. The second kappa shape index (κ2) is 31.2. The molecule has 29 nitrogen and oxygen atoms in total. The zero-order chi connectivity index (χ0) is 65.1. The van der Waals surface area contributed by atoms with Gasteiger partial charge in [-0.05, 0) is 110 Å². The first-order chi connectivity index (χ1) is 43.0. The number of aromatic hydroxyl groups is 3. The Morgan fingerprint density at radius 2 is 1.13 bits per heavy atom. The van der Waals surface area contributed by atoms with Crippen molar-refractivity contribution in [2.75, 3.05) is 38.1 Å². The maximum absolute atomic E-state index is 13.9. The van der Waals surface area contributed by atoms with E-state index >= 15 is 0 Å². The number of amides is 8. The molecule has 2 aliphatic rings. The number of aryl methyl sites for hydroxylation is 1. The van der Waals surface area contributed by atoms with E-state index in [0.717, 1.165) is 5.56 Å². The van der Waals surface area contributed by atoms with Gasteiger partial charge in [0.1, 0.15) is 59.0 Å². The first-order valence-electron chi connectivity index (χ1n) is 28.3. The molecule has 0 aliphatic carbocycles. The molecule has 0 fully saturated rings. The number of hydrogen-bond acceptors (Lipinski definition) is 17. The summed E-state index contributed by atoms with van der Waals surface area (Å²) in [4.78, 5) is 119. The third-order valence-electron chi connectivity index (χ3n) is 14.4. The zero-order valence-corrected chi connectivity index (χ0v) is 49.1. The lowest BCUT2D eigenvalue weighted by atomic mass is 9.77. The Balaban J connectivity index is 0.950. The van der Waals surface area contributed by atoms with E-state index in [1.165, 1.54) is 54.6 Å². The van der Waals surface area contributed by atoms with Crippen molar-refractivity contribution < 1.29 is 78.2 Å². The molecule has 0 saturated heterocycles. The highest BCUT2D eigenvalue weighted by atomic mass is 32.1. The molecule has 5 aromatic rings. The molecule has 476 valence electrons. The van der Waals surface area contributed by atoms with Crippen molar-refractivity contribution in [2.45, 2.75) is 87.2 Å². The molecular weight excluding hydrogens is 1190 g/mol. The predicted molar refractivity (Wildman–Crippen MR) is 327 cm³/mol. The fraction of sp³-hybridized carbons (Fsp3) is 0.317. The van der Waals surface area contributed by atoms with Crippen LogP contribution in [0.2, 0.25) is 0 Å². The number of urea groups is 1. The molecular formula is C60H69N13O16S. The van der Waals surface area contributed by atoms with Crippen LogP contribution < -0.4 is 69.4 Å². The SMILES string of the molecule is N=C(N)NCCC[C@H](NC(=O)CCNC(=S)Nc1ccc2c(c1)C(=O)OC21c2ccc(O)cc2Oc2cc(O)ccc21)C(=O)N[C@@H](CO)C(=O)N[C@@H](CCCNC(N)=O)C(=O)NCC(=O)N[C@@H](CCc1ccccc1)C(=O)N[C@@H](Cc1ccc(O)cc1)C(=O)O. The quantitative estimate of drug-likeness (QED) is 0.00963. The molecule has 90 heavy (non-hydrogen) atoms. The van der Waals surface area contributed by atoms with Crippen LogP contribution in [-0.2, 0) is 56.7 Å². The summed E-state index contributed by atoms with van der Waals surface area (Å²) in [7, 11) is 0. The molecule has 5 aromatic carbocycles. The van der Waals surface area contributed by atoms with Crippen molar-refractivity contribution in [1.29, 1.82) is 5.41 Å². The fourth-order valence-corrected chi connectivity index (χ4v) is 10.2. The number of anilines is 1. The van der Waals surface area contributed by atoms with Crippen LogP contribution in [0.15, 0.2) is 109 Å². The number of carboxylic acids is 1. The molecule has 2 aliphatic heterocycles. The van der Waals surface area contributed by atoms with Crippen molar-refractivity contribution in [2.24, 2.45) is 11.5 Å². The number of carbonyl (C=O) groups excluding carboxylic acids is 8. The average molecular weight is 1260 g/mol. The predicted octanol–water partition coefficient (Wildman–Crippen LogP) is 0.252. The number of rotatable bonds is 30. The first-order valence-corrected chi connectivity index (χ1v) is 28.8. The summed E-state index contributed by atoms with van der Waals surface area (Å²) in [6, 6.07) is 20.0. The van der Waals surface area contributed by atoms with Crippen LogP contribution >= 0.6 is 12.2 Å². The van der Waals surface area contributed by atoms with Crippen molar-refractivity contribution in [1.82, 2.24) is 47.9 Å². The molecule has 2 heterocycles. The highest BCUT2D eigenvalue weighted by Gasteiger charge is 2.54. The van der Waals surface area contributed by atoms with E-state index in [0.29, 0.717) is 27.9 Å². The lowest BCUT2D eigenvalue weighted by Crippen LogP contribution is -2.58. The van der Waals surface area contributed by atoms with Crippen LogP contribution in [0.1, 0.15) is 76.7 Å². The van der Waals surface area contributed by atoms with Crippen LogP contribution in [0.25, 0.3) is 0 Å². The van der Waals surface area contributed by atoms with Gasteiger partial charge >= 0.3 is 18.0 Å². The first kappa shape index (κ1) is 66.8. The van der Waals surface area contributed by atoms with Gasteiger partial charge in [-0.25, -0.2) is 14.4 Å². The minimum absolute atomic E-state index is 0.000730. The number of primary amides is 1. The maximum atomic E-state index is 13.9. The number of nitrogens with two attached hydrogens (primary N) is 2. The van der Waals surface area contributed by atoms with Gasteiger partial charge in [-0.2, -0.15) is 0 Å². The summed E-state index contributed by atoms with van der Waals surface area (Å²) in [6.07, 6.45) is -0.224. The number of aliphatic hydroxyl groups excluding tert-OH is 1. The number of phenols is 3. The van der Waals surface area contributed by atoms with E-state index < -0.39 is 102 Å². The lowest BCUT2D eigenvalue weighted by Gasteiger charge is -2.36. The summed E-state index contributed by atoms with van der Waals surface area (Å²) < 4.78 is 12.1. The number of guanidine groups is 1. The number of aliphatic hydroxyl groups is 1. The van der Waals surface area contributed by atoms with E-state index in [1.807, 2.05) is 0 Å². The largest absolute Gasteiger partial charge is 0.508 e. The van der Waals surface area contributed by atoms with Gasteiger partial charge in [-0.3, -0.25) is 34.2 Å². The second-order valence-electron chi connectivity index (χ2n) is 20.9. The van der Waals surface area contributed by atoms with Crippen molar-refractivity contribution >= 4 is 82.4 Å². The molecule has 30 heteroatoms. The summed E-state index contributed by atoms with van der Waals surface area (Å²) in [5.74, 6) is -7.60. The monoisotopic (exact) mass is 1260 g/mol. The lowest BCUT2D eigenvalue weighted by molar-refractivity contribution is -0.142.